The second kappa shape index (κ2) is 10.5. The van der Waals surface area contributed by atoms with Gasteiger partial charge >= 0.3 is 0 Å². The van der Waals surface area contributed by atoms with Gasteiger partial charge in [-0.3, -0.25) is 14.5 Å². The van der Waals surface area contributed by atoms with Crippen molar-refractivity contribution in [2.75, 3.05) is 13.2 Å². The van der Waals surface area contributed by atoms with E-state index in [4.69, 9.17) is 12.2 Å². The van der Waals surface area contributed by atoms with Crippen molar-refractivity contribution >= 4 is 46.2 Å². The minimum atomic E-state index is -0.399. The van der Waals surface area contributed by atoms with Gasteiger partial charge < -0.3 is 10.4 Å². The van der Waals surface area contributed by atoms with Gasteiger partial charge in [-0.25, -0.2) is 4.39 Å². The molecule has 2 aromatic carbocycles. The number of nitrogens with one attached hydrogen (secondary N) is 1. The highest BCUT2D eigenvalue weighted by Crippen LogP contribution is 2.32. The van der Waals surface area contributed by atoms with E-state index in [2.05, 4.69) is 5.32 Å². The van der Waals surface area contributed by atoms with Crippen molar-refractivity contribution in [3.05, 3.63) is 76.4 Å². The highest BCUT2D eigenvalue weighted by Gasteiger charge is 2.32. The van der Waals surface area contributed by atoms with Crippen LogP contribution >= 0.6 is 24.0 Å². The third kappa shape index (κ3) is 5.98. The number of thioether (sulfide) groups is 1. The van der Waals surface area contributed by atoms with E-state index < -0.39 is 6.04 Å². The zero-order valence-electron chi connectivity index (χ0n) is 16.1. The minimum absolute atomic E-state index is 0.0710. The highest BCUT2D eigenvalue weighted by atomic mass is 32.2. The lowest BCUT2D eigenvalue weighted by molar-refractivity contribution is -0.124. The Morgan fingerprint density at radius 2 is 1.90 bits per heavy atom. The number of rotatable bonds is 8. The Bertz CT molecular complexity index is 949. The Balaban J connectivity index is 1.54. The SMILES string of the molecule is O=C(CCN1C(=O)C(=Cc2ccc(F)cc2)SC1=S)N[C@@H](CO)Cc1ccccc1. The molecule has 2 amide bonds. The standard InChI is InChI=1S/C22H21FN2O3S2/c23-17-8-6-16(7-9-17)13-19-21(28)25(22(29)30-19)11-10-20(27)24-18(14-26)12-15-4-2-1-3-5-15/h1-9,13,18,26H,10-12,14H2,(H,24,27)/t18-/m1/s1. The number of hydrogen-bond donors (Lipinski definition) is 2. The van der Waals surface area contributed by atoms with Crippen molar-refractivity contribution in [2.45, 2.75) is 18.9 Å². The van der Waals surface area contributed by atoms with Crippen LogP contribution in [0, 0.1) is 5.82 Å². The molecule has 0 aliphatic carbocycles. The van der Waals surface area contributed by atoms with E-state index in [9.17, 15) is 19.1 Å². The molecule has 0 unspecified atom stereocenters. The van der Waals surface area contributed by atoms with E-state index in [1.165, 1.54) is 17.0 Å². The van der Waals surface area contributed by atoms with E-state index in [1.807, 2.05) is 30.3 Å². The van der Waals surface area contributed by atoms with Gasteiger partial charge in [0, 0.05) is 13.0 Å². The van der Waals surface area contributed by atoms with Gasteiger partial charge in [-0.05, 0) is 35.8 Å². The van der Waals surface area contributed by atoms with Crippen LogP contribution in [0.15, 0.2) is 59.5 Å². The molecule has 2 aromatic rings. The van der Waals surface area contributed by atoms with E-state index in [1.54, 1.807) is 18.2 Å². The Hall–Kier alpha value is -2.55. The maximum atomic E-state index is 13.0. The molecule has 1 heterocycles. The van der Waals surface area contributed by atoms with E-state index in [0.29, 0.717) is 21.2 Å². The van der Waals surface area contributed by atoms with Crippen LogP contribution in [-0.2, 0) is 16.0 Å². The fourth-order valence-corrected chi connectivity index (χ4v) is 4.28. The summed E-state index contributed by atoms with van der Waals surface area (Å²) < 4.78 is 13.4. The first-order valence-corrected chi connectivity index (χ1v) is 10.6. The predicted octanol–water partition coefficient (Wildman–Crippen LogP) is 3.14. The molecular weight excluding hydrogens is 423 g/mol. The number of hydrogen-bond acceptors (Lipinski definition) is 5. The van der Waals surface area contributed by atoms with Gasteiger partial charge in [0.2, 0.25) is 5.91 Å². The van der Waals surface area contributed by atoms with Gasteiger partial charge in [0.15, 0.2) is 0 Å². The first-order valence-electron chi connectivity index (χ1n) is 9.41. The summed E-state index contributed by atoms with van der Waals surface area (Å²) in [5.74, 6) is -0.883. The number of halogens is 1. The van der Waals surface area contributed by atoms with Crippen LogP contribution in [0.25, 0.3) is 6.08 Å². The summed E-state index contributed by atoms with van der Waals surface area (Å²) in [5.41, 5.74) is 1.71. The summed E-state index contributed by atoms with van der Waals surface area (Å²) in [7, 11) is 0. The van der Waals surface area contributed by atoms with Gasteiger partial charge in [0.25, 0.3) is 5.91 Å². The number of benzene rings is 2. The lowest BCUT2D eigenvalue weighted by Crippen LogP contribution is -2.41. The molecule has 0 spiro atoms. The maximum Gasteiger partial charge on any atom is 0.266 e. The molecule has 5 nitrogen and oxygen atoms in total. The first kappa shape index (κ1) is 22.1. The molecule has 1 aliphatic rings. The van der Waals surface area contributed by atoms with Crippen molar-refractivity contribution in [2.24, 2.45) is 0 Å². The summed E-state index contributed by atoms with van der Waals surface area (Å²) in [4.78, 5) is 26.8. The molecule has 8 heteroatoms. The van der Waals surface area contributed by atoms with Crippen LogP contribution in [0.3, 0.4) is 0 Å². The van der Waals surface area contributed by atoms with E-state index in [-0.39, 0.29) is 37.2 Å². The Morgan fingerprint density at radius 1 is 1.20 bits per heavy atom. The van der Waals surface area contributed by atoms with Crippen LogP contribution < -0.4 is 5.32 Å². The number of thiocarbonyl (C=S) groups is 1. The molecule has 0 bridgehead atoms. The fraction of sp³-hybridized carbons (Fsp3) is 0.227. The Kier molecular flexibility index (Phi) is 7.73. The molecule has 30 heavy (non-hydrogen) atoms. The lowest BCUT2D eigenvalue weighted by atomic mass is 10.1. The summed E-state index contributed by atoms with van der Waals surface area (Å²) in [5, 5.41) is 12.4. The van der Waals surface area contributed by atoms with E-state index in [0.717, 1.165) is 17.3 Å². The van der Waals surface area contributed by atoms with Gasteiger partial charge in [-0.2, -0.15) is 0 Å². The molecular formula is C22H21FN2O3S2. The zero-order chi connectivity index (χ0) is 21.5. The quantitative estimate of drug-likeness (QED) is 0.484. The molecule has 1 saturated heterocycles. The summed E-state index contributed by atoms with van der Waals surface area (Å²) in [6.45, 7) is -0.0250. The molecule has 0 radical (unpaired) electrons. The number of carbonyl (C=O) groups excluding carboxylic acids is 2. The highest BCUT2D eigenvalue weighted by molar-refractivity contribution is 8.26. The monoisotopic (exact) mass is 444 g/mol. The topological polar surface area (TPSA) is 69.6 Å². The van der Waals surface area contributed by atoms with Gasteiger partial charge in [-0.15, -0.1) is 0 Å². The van der Waals surface area contributed by atoms with Gasteiger partial charge in [-0.1, -0.05) is 66.4 Å². The van der Waals surface area contributed by atoms with Crippen molar-refractivity contribution in [3.8, 4) is 0 Å². The van der Waals surface area contributed by atoms with E-state index >= 15 is 0 Å². The second-order valence-corrected chi connectivity index (χ2v) is 8.45. The Labute approximate surface area is 184 Å². The molecule has 0 aromatic heterocycles. The average Bonchev–Trinajstić information content (AvgIpc) is 3.01. The van der Waals surface area contributed by atoms with Gasteiger partial charge in [0.1, 0.15) is 10.1 Å². The third-order valence-electron chi connectivity index (χ3n) is 4.51. The van der Waals surface area contributed by atoms with Crippen molar-refractivity contribution in [1.29, 1.82) is 0 Å². The largest absolute Gasteiger partial charge is 0.394 e. The lowest BCUT2D eigenvalue weighted by Gasteiger charge is -2.18. The first-order chi connectivity index (χ1) is 14.5. The number of aliphatic hydroxyl groups is 1. The molecule has 1 aliphatic heterocycles. The average molecular weight is 445 g/mol. The smallest absolute Gasteiger partial charge is 0.266 e. The van der Waals surface area contributed by atoms with Crippen molar-refractivity contribution < 1.29 is 19.1 Å². The van der Waals surface area contributed by atoms with Crippen LogP contribution in [0.4, 0.5) is 4.39 Å². The van der Waals surface area contributed by atoms with Crippen LogP contribution in [-0.4, -0.2) is 45.3 Å². The molecule has 0 saturated carbocycles. The third-order valence-corrected chi connectivity index (χ3v) is 5.89. The van der Waals surface area contributed by atoms with Crippen molar-refractivity contribution in [1.82, 2.24) is 10.2 Å². The van der Waals surface area contributed by atoms with Crippen LogP contribution in [0.5, 0.6) is 0 Å². The van der Waals surface area contributed by atoms with Crippen LogP contribution in [0.1, 0.15) is 17.5 Å². The Morgan fingerprint density at radius 3 is 2.57 bits per heavy atom. The molecule has 2 N–H and O–H groups in total. The number of aliphatic hydroxyl groups excluding tert-OH is 1. The molecule has 1 atom stereocenters. The fourth-order valence-electron chi connectivity index (χ4n) is 2.98. The minimum Gasteiger partial charge on any atom is -0.394 e. The molecule has 156 valence electrons. The molecule has 1 fully saturated rings. The summed E-state index contributed by atoms with van der Waals surface area (Å²) in [6.07, 6.45) is 2.24. The molecule has 3 rings (SSSR count). The summed E-state index contributed by atoms with van der Waals surface area (Å²) >= 11 is 6.43. The summed E-state index contributed by atoms with van der Waals surface area (Å²) in [6, 6.07) is 15.0. The predicted molar refractivity (Wildman–Crippen MR) is 120 cm³/mol. The maximum absolute atomic E-state index is 13.0. The number of carbonyl (C=O) groups is 2. The van der Waals surface area contributed by atoms with Crippen molar-refractivity contribution in [3.63, 3.8) is 0 Å². The second-order valence-electron chi connectivity index (χ2n) is 6.77. The number of nitrogens with zero attached hydrogens (tertiary/aromatic N) is 1. The van der Waals surface area contributed by atoms with Crippen LogP contribution in [0.2, 0.25) is 0 Å². The number of amides is 2. The normalized spacial score (nSPS) is 16.2. The zero-order valence-corrected chi connectivity index (χ0v) is 17.7. The van der Waals surface area contributed by atoms with Gasteiger partial charge in [0.05, 0.1) is 17.6 Å².